The molecule has 0 radical (unpaired) electrons. The molecule has 0 spiro atoms. The fraction of sp³-hybridized carbons (Fsp3) is 0. The summed E-state index contributed by atoms with van der Waals surface area (Å²) in [5, 5.41) is 10.4. The van der Waals surface area contributed by atoms with Crippen LogP contribution in [0.4, 0.5) is 0 Å². The molecule has 0 bridgehead atoms. The molecular weight excluding hydrogens is 605 g/mol. The predicted molar refractivity (Wildman–Crippen MR) is 212 cm³/mol. The van der Waals surface area contributed by atoms with E-state index in [9.17, 15) is 0 Å². The summed E-state index contributed by atoms with van der Waals surface area (Å²) in [5.41, 5.74) is 12.1. The number of hydrogen-bond acceptors (Lipinski definition) is 0. The number of aromatic nitrogens is 2. The lowest BCUT2D eigenvalue weighted by atomic mass is 9.92. The highest BCUT2D eigenvalue weighted by molar-refractivity contribution is 6.41. The third-order valence-corrected chi connectivity index (χ3v) is 10.6. The average molecular weight is 635 g/mol. The van der Waals surface area contributed by atoms with E-state index in [1.807, 2.05) is 0 Å². The molecule has 50 heavy (non-hydrogen) atoms. The molecule has 232 valence electrons. The normalized spacial score (nSPS) is 12.0. The van der Waals surface area contributed by atoms with Crippen molar-refractivity contribution in [3.05, 3.63) is 182 Å². The molecule has 0 N–H and O–H groups in total. The molecule has 2 heterocycles. The Morgan fingerprint density at radius 1 is 0.240 bits per heavy atom. The van der Waals surface area contributed by atoms with E-state index in [0.717, 1.165) is 11.4 Å². The van der Waals surface area contributed by atoms with Crippen molar-refractivity contribution in [1.82, 2.24) is 9.13 Å². The average Bonchev–Trinajstić information content (AvgIpc) is 3.71. The maximum atomic E-state index is 2.50. The van der Waals surface area contributed by atoms with Crippen molar-refractivity contribution >= 4 is 65.2 Å². The Morgan fingerprint density at radius 2 is 0.740 bits per heavy atom. The summed E-state index contributed by atoms with van der Waals surface area (Å²) in [6.07, 6.45) is 0. The van der Waals surface area contributed by atoms with Gasteiger partial charge in [-0.05, 0) is 80.9 Å². The first kappa shape index (κ1) is 27.3. The van der Waals surface area contributed by atoms with Crippen molar-refractivity contribution in [3.8, 4) is 33.6 Å². The third kappa shape index (κ3) is 3.79. The first-order valence-corrected chi connectivity index (χ1v) is 17.3. The van der Waals surface area contributed by atoms with Gasteiger partial charge in [-0.1, -0.05) is 140 Å². The van der Waals surface area contributed by atoms with Crippen LogP contribution in [0.3, 0.4) is 0 Å². The van der Waals surface area contributed by atoms with Crippen molar-refractivity contribution in [3.63, 3.8) is 0 Å². The molecule has 0 unspecified atom stereocenters. The largest absolute Gasteiger partial charge is 0.309 e. The van der Waals surface area contributed by atoms with Crippen molar-refractivity contribution in [1.29, 1.82) is 0 Å². The SMILES string of the molecule is c1ccc(-c2ccc(-n3c4ccccc4c4c5c6ccccc6c6cccc7c6c5c(cc43)n7-c3cccc(-c4ccccc4)c3)cc2)cc1. The van der Waals surface area contributed by atoms with Crippen molar-refractivity contribution in [2.75, 3.05) is 0 Å². The summed E-state index contributed by atoms with van der Waals surface area (Å²) in [6, 6.07) is 66.5. The molecule has 0 aliphatic rings. The minimum atomic E-state index is 1.15. The summed E-state index contributed by atoms with van der Waals surface area (Å²) in [5.74, 6) is 0. The molecule has 2 heteroatoms. The van der Waals surface area contributed by atoms with Gasteiger partial charge in [0.1, 0.15) is 0 Å². The van der Waals surface area contributed by atoms with E-state index in [4.69, 9.17) is 0 Å². The van der Waals surface area contributed by atoms with E-state index in [0.29, 0.717) is 0 Å². The summed E-state index contributed by atoms with van der Waals surface area (Å²) in [6.45, 7) is 0. The van der Waals surface area contributed by atoms with Crippen LogP contribution < -0.4 is 0 Å². The molecule has 0 aliphatic heterocycles. The van der Waals surface area contributed by atoms with Gasteiger partial charge in [0.05, 0.1) is 22.1 Å². The number of para-hydroxylation sites is 1. The zero-order chi connectivity index (χ0) is 32.8. The van der Waals surface area contributed by atoms with Gasteiger partial charge in [-0.2, -0.15) is 0 Å². The van der Waals surface area contributed by atoms with Crippen LogP contribution in [0.5, 0.6) is 0 Å². The van der Waals surface area contributed by atoms with Crippen LogP contribution in [-0.2, 0) is 0 Å². The minimum Gasteiger partial charge on any atom is -0.309 e. The van der Waals surface area contributed by atoms with E-state index in [1.54, 1.807) is 0 Å². The zero-order valence-corrected chi connectivity index (χ0v) is 27.2. The van der Waals surface area contributed by atoms with Crippen LogP contribution in [-0.4, -0.2) is 9.13 Å². The van der Waals surface area contributed by atoms with Crippen LogP contribution >= 0.6 is 0 Å². The van der Waals surface area contributed by atoms with E-state index in [1.165, 1.54) is 87.4 Å². The number of fused-ring (bicyclic) bond motifs is 7. The van der Waals surface area contributed by atoms with Gasteiger partial charge >= 0.3 is 0 Å². The lowest BCUT2D eigenvalue weighted by Gasteiger charge is -2.13. The van der Waals surface area contributed by atoms with Gasteiger partial charge in [0.25, 0.3) is 0 Å². The summed E-state index contributed by atoms with van der Waals surface area (Å²) < 4.78 is 4.96. The fourth-order valence-corrected chi connectivity index (χ4v) is 8.54. The maximum absolute atomic E-state index is 2.50. The summed E-state index contributed by atoms with van der Waals surface area (Å²) in [7, 11) is 0. The van der Waals surface area contributed by atoms with Gasteiger partial charge in [-0.3, -0.25) is 0 Å². The van der Waals surface area contributed by atoms with E-state index >= 15 is 0 Å². The Morgan fingerprint density at radius 3 is 1.52 bits per heavy atom. The molecule has 0 saturated carbocycles. The Bertz CT molecular complexity index is 3050. The van der Waals surface area contributed by atoms with Gasteiger partial charge < -0.3 is 9.13 Å². The first-order valence-electron chi connectivity index (χ1n) is 17.3. The minimum absolute atomic E-state index is 1.15. The second kappa shape index (κ2) is 10.4. The Kier molecular flexibility index (Phi) is 5.70. The predicted octanol–water partition coefficient (Wildman–Crippen LogP) is 13.0. The highest BCUT2D eigenvalue weighted by Crippen LogP contribution is 2.49. The number of rotatable bonds is 4. The number of nitrogens with zero attached hydrogens (tertiary/aromatic N) is 2. The maximum Gasteiger partial charge on any atom is 0.0568 e. The monoisotopic (exact) mass is 634 g/mol. The Labute approximate surface area is 289 Å². The van der Waals surface area contributed by atoms with Crippen molar-refractivity contribution in [2.24, 2.45) is 0 Å². The van der Waals surface area contributed by atoms with Gasteiger partial charge in [0.2, 0.25) is 0 Å². The van der Waals surface area contributed by atoms with Crippen molar-refractivity contribution < 1.29 is 0 Å². The standard InChI is InChI=1S/C48H30N2/c1-3-13-31(14-4-1)33-25-27-35(28-26-33)49-41-23-10-9-21-40(41)46-43(49)30-44-48-45-38(37-19-7-8-20-39(37)47(46)48)22-12-24-42(45)50(44)36-18-11-17-34(29-36)32-15-5-2-6-16-32/h1-30H. The molecule has 9 aromatic carbocycles. The van der Waals surface area contributed by atoms with Crippen LogP contribution in [0.2, 0.25) is 0 Å². The zero-order valence-electron chi connectivity index (χ0n) is 27.2. The smallest absolute Gasteiger partial charge is 0.0568 e. The highest BCUT2D eigenvalue weighted by Gasteiger charge is 2.25. The molecule has 0 fully saturated rings. The topological polar surface area (TPSA) is 9.86 Å². The Hall–Kier alpha value is -6.64. The van der Waals surface area contributed by atoms with Crippen LogP contribution in [0.1, 0.15) is 0 Å². The Balaban J connectivity index is 1.30. The fourth-order valence-electron chi connectivity index (χ4n) is 8.54. The van der Waals surface area contributed by atoms with Gasteiger partial charge in [0.15, 0.2) is 0 Å². The van der Waals surface area contributed by atoms with Crippen molar-refractivity contribution in [2.45, 2.75) is 0 Å². The molecule has 0 atom stereocenters. The van der Waals surface area contributed by atoms with Crippen LogP contribution in [0, 0.1) is 0 Å². The first-order chi connectivity index (χ1) is 24.8. The van der Waals surface area contributed by atoms with Gasteiger partial charge in [0, 0.05) is 38.3 Å². The molecule has 2 aromatic heterocycles. The third-order valence-electron chi connectivity index (χ3n) is 10.6. The molecular formula is C48H30N2. The molecule has 0 saturated heterocycles. The summed E-state index contributed by atoms with van der Waals surface area (Å²) in [4.78, 5) is 0. The number of hydrogen-bond donors (Lipinski definition) is 0. The molecule has 2 nitrogen and oxygen atoms in total. The molecule has 11 aromatic rings. The quantitative estimate of drug-likeness (QED) is 0.171. The molecule has 0 aliphatic carbocycles. The lowest BCUT2D eigenvalue weighted by Crippen LogP contribution is -1.96. The van der Waals surface area contributed by atoms with Gasteiger partial charge in [-0.15, -0.1) is 0 Å². The van der Waals surface area contributed by atoms with E-state index in [-0.39, 0.29) is 0 Å². The second-order valence-corrected chi connectivity index (χ2v) is 13.3. The van der Waals surface area contributed by atoms with Gasteiger partial charge in [-0.25, -0.2) is 0 Å². The molecule has 0 amide bonds. The second-order valence-electron chi connectivity index (χ2n) is 13.3. The summed E-state index contributed by atoms with van der Waals surface area (Å²) >= 11 is 0. The molecule has 11 rings (SSSR count). The lowest BCUT2D eigenvalue weighted by molar-refractivity contribution is 1.17. The number of benzene rings is 9. The highest BCUT2D eigenvalue weighted by atomic mass is 15.0. The van der Waals surface area contributed by atoms with Crippen LogP contribution in [0.25, 0.3) is 98.8 Å². The van der Waals surface area contributed by atoms with E-state index in [2.05, 4.69) is 191 Å². The van der Waals surface area contributed by atoms with Crippen LogP contribution in [0.15, 0.2) is 182 Å². The van der Waals surface area contributed by atoms with E-state index < -0.39 is 0 Å².